The Kier molecular flexibility index (Phi) is 5.56. The predicted molar refractivity (Wildman–Crippen MR) is 120 cm³/mol. The van der Waals surface area contributed by atoms with E-state index in [1.165, 1.54) is 41.2 Å². The Morgan fingerprint density at radius 2 is 1.78 bits per heavy atom. The average molecular weight is 450 g/mol. The number of carbonyl (C=O) groups excluding carboxylic acids is 1. The number of nitro groups is 1. The van der Waals surface area contributed by atoms with Gasteiger partial charge in [0.25, 0.3) is 11.6 Å². The number of thiocarbonyl (C=S) groups is 1. The monoisotopic (exact) mass is 450 g/mol. The molecule has 4 aromatic rings. The maximum absolute atomic E-state index is 13.2. The van der Waals surface area contributed by atoms with Crippen LogP contribution in [0.1, 0.15) is 15.9 Å². The summed E-state index contributed by atoms with van der Waals surface area (Å²) in [5.41, 5.74) is 3.12. The summed E-state index contributed by atoms with van der Waals surface area (Å²) in [6.07, 6.45) is 0. The van der Waals surface area contributed by atoms with Crippen molar-refractivity contribution in [1.29, 1.82) is 0 Å². The second kappa shape index (κ2) is 8.47. The van der Waals surface area contributed by atoms with Crippen molar-refractivity contribution in [2.45, 2.75) is 6.92 Å². The Morgan fingerprint density at radius 1 is 1.09 bits per heavy atom. The minimum atomic E-state index is -0.578. The number of benzene rings is 3. The van der Waals surface area contributed by atoms with Gasteiger partial charge in [0.05, 0.1) is 10.6 Å². The molecule has 2 N–H and O–H groups in total. The normalized spacial score (nSPS) is 10.7. The van der Waals surface area contributed by atoms with Gasteiger partial charge in [-0.05, 0) is 67.2 Å². The molecule has 9 nitrogen and oxygen atoms in total. The first-order valence-corrected chi connectivity index (χ1v) is 9.71. The number of amides is 1. The van der Waals surface area contributed by atoms with Gasteiger partial charge in [-0.25, -0.2) is 4.39 Å². The largest absolute Gasteiger partial charge is 0.332 e. The molecular weight excluding hydrogens is 435 g/mol. The molecule has 4 rings (SSSR count). The van der Waals surface area contributed by atoms with Crippen LogP contribution in [0.4, 0.5) is 15.8 Å². The average Bonchev–Trinajstić information content (AvgIpc) is 3.17. The molecule has 0 bridgehead atoms. The molecule has 0 fully saturated rings. The summed E-state index contributed by atoms with van der Waals surface area (Å²) in [5.74, 6) is -0.930. The molecule has 0 aliphatic heterocycles. The number of hydrogen-bond donors (Lipinski definition) is 2. The fraction of sp³-hybridized carbons (Fsp3) is 0.0476. The van der Waals surface area contributed by atoms with Crippen molar-refractivity contribution in [3.8, 4) is 5.69 Å². The van der Waals surface area contributed by atoms with Gasteiger partial charge in [-0.15, -0.1) is 10.2 Å². The minimum Gasteiger partial charge on any atom is -0.332 e. The lowest BCUT2D eigenvalue weighted by Gasteiger charge is -2.11. The molecule has 3 aromatic carbocycles. The van der Waals surface area contributed by atoms with E-state index in [1.54, 1.807) is 24.3 Å². The van der Waals surface area contributed by atoms with E-state index >= 15 is 0 Å². The third kappa shape index (κ3) is 4.42. The number of non-ortho nitro benzene ring substituents is 1. The van der Waals surface area contributed by atoms with Crippen LogP contribution >= 0.6 is 12.2 Å². The summed E-state index contributed by atoms with van der Waals surface area (Å²) in [4.78, 5) is 24.1. The molecule has 0 spiro atoms. The van der Waals surface area contributed by atoms with Crippen LogP contribution in [0.5, 0.6) is 0 Å². The van der Waals surface area contributed by atoms with Crippen LogP contribution in [0, 0.1) is 22.9 Å². The van der Waals surface area contributed by atoms with Gasteiger partial charge < -0.3 is 5.32 Å². The first-order valence-electron chi connectivity index (χ1n) is 9.30. The van der Waals surface area contributed by atoms with Gasteiger partial charge in [-0.1, -0.05) is 6.07 Å². The molecule has 11 heteroatoms. The van der Waals surface area contributed by atoms with Crippen LogP contribution < -0.4 is 10.6 Å². The number of nitro benzene ring substituents is 1. The number of fused-ring (bicyclic) bond motifs is 1. The first kappa shape index (κ1) is 21.0. The second-order valence-electron chi connectivity index (χ2n) is 6.84. The molecule has 1 amide bonds. The van der Waals surface area contributed by atoms with Gasteiger partial charge in [0.15, 0.2) is 5.11 Å². The number of hydrogen-bond acceptors (Lipinski definition) is 6. The number of nitrogens with zero attached hydrogens (tertiary/aromatic N) is 4. The van der Waals surface area contributed by atoms with E-state index in [0.29, 0.717) is 22.4 Å². The topological polar surface area (TPSA) is 115 Å². The van der Waals surface area contributed by atoms with E-state index in [0.717, 1.165) is 5.56 Å². The first-order chi connectivity index (χ1) is 15.3. The minimum absolute atomic E-state index is 0.0230. The highest BCUT2D eigenvalue weighted by molar-refractivity contribution is 7.80. The Labute approximate surface area is 186 Å². The standard InChI is InChI=1S/C21H15FN6O3S/c1-12-9-18-19(26-27(25-18)15-7-5-14(22)6-8-15)11-17(12)23-21(32)24-20(29)13-3-2-4-16(10-13)28(30)31/h2-11H,1H3,(H2,23,24,29,32). The summed E-state index contributed by atoms with van der Waals surface area (Å²) in [6.45, 7) is 1.84. The van der Waals surface area contributed by atoms with Gasteiger partial charge >= 0.3 is 0 Å². The lowest BCUT2D eigenvalue weighted by molar-refractivity contribution is -0.384. The van der Waals surface area contributed by atoms with Gasteiger partial charge in [-0.2, -0.15) is 4.80 Å². The van der Waals surface area contributed by atoms with Gasteiger partial charge in [-0.3, -0.25) is 20.2 Å². The maximum atomic E-state index is 13.2. The zero-order chi connectivity index (χ0) is 22.8. The molecule has 0 aliphatic carbocycles. The molecular formula is C21H15FN6O3S. The van der Waals surface area contributed by atoms with Crippen molar-refractivity contribution in [1.82, 2.24) is 20.3 Å². The number of aryl methyl sites for hydroxylation is 1. The smallest absolute Gasteiger partial charge is 0.270 e. The quantitative estimate of drug-likeness (QED) is 0.275. The van der Waals surface area contributed by atoms with Crippen LogP contribution in [0.2, 0.25) is 0 Å². The fourth-order valence-electron chi connectivity index (χ4n) is 2.98. The van der Waals surface area contributed by atoms with Crippen molar-refractivity contribution in [2.75, 3.05) is 5.32 Å². The molecule has 0 aliphatic rings. The lowest BCUT2D eigenvalue weighted by atomic mass is 10.1. The van der Waals surface area contributed by atoms with E-state index in [2.05, 4.69) is 20.8 Å². The predicted octanol–water partition coefficient (Wildman–Crippen LogP) is 3.90. The van der Waals surface area contributed by atoms with Crippen LogP contribution in [0.25, 0.3) is 16.7 Å². The summed E-state index contributed by atoms with van der Waals surface area (Å²) in [5, 5.41) is 25.2. The second-order valence-corrected chi connectivity index (χ2v) is 7.25. The van der Waals surface area contributed by atoms with Gasteiger partial charge in [0.2, 0.25) is 0 Å². The highest BCUT2D eigenvalue weighted by Crippen LogP contribution is 2.22. The zero-order valence-corrected chi connectivity index (χ0v) is 17.4. The van der Waals surface area contributed by atoms with Crippen LogP contribution in [0.3, 0.4) is 0 Å². The number of anilines is 1. The van der Waals surface area contributed by atoms with Gasteiger partial charge in [0, 0.05) is 23.4 Å². The molecule has 0 saturated carbocycles. The van der Waals surface area contributed by atoms with Crippen LogP contribution in [0.15, 0.2) is 60.7 Å². The van der Waals surface area contributed by atoms with Crippen LogP contribution in [-0.4, -0.2) is 30.9 Å². The van der Waals surface area contributed by atoms with E-state index < -0.39 is 10.8 Å². The Morgan fingerprint density at radius 3 is 2.47 bits per heavy atom. The number of aromatic nitrogens is 3. The Balaban J connectivity index is 1.52. The Hall–Kier alpha value is -4.25. The van der Waals surface area contributed by atoms with Crippen molar-refractivity contribution >= 4 is 45.6 Å². The van der Waals surface area contributed by atoms with E-state index in [9.17, 15) is 19.3 Å². The third-order valence-corrected chi connectivity index (χ3v) is 4.78. The van der Waals surface area contributed by atoms with Gasteiger partial charge in [0.1, 0.15) is 16.9 Å². The number of rotatable bonds is 4. The zero-order valence-electron chi connectivity index (χ0n) is 16.6. The number of nitrogens with one attached hydrogen (secondary N) is 2. The summed E-state index contributed by atoms with van der Waals surface area (Å²) < 4.78 is 13.2. The number of halogens is 1. The highest BCUT2D eigenvalue weighted by Gasteiger charge is 2.14. The molecule has 0 unspecified atom stereocenters. The molecule has 1 aromatic heterocycles. The Bertz CT molecular complexity index is 1370. The van der Waals surface area contributed by atoms with Crippen LogP contribution in [-0.2, 0) is 0 Å². The molecule has 0 radical (unpaired) electrons. The third-order valence-electron chi connectivity index (χ3n) is 4.58. The van der Waals surface area contributed by atoms with E-state index in [1.807, 2.05) is 6.92 Å². The van der Waals surface area contributed by atoms with E-state index in [-0.39, 0.29) is 22.2 Å². The molecule has 32 heavy (non-hydrogen) atoms. The highest BCUT2D eigenvalue weighted by atomic mass is 32.1. The van der Waals surface area contributed by atoms with Crippen molar-refractivity contribution in [2.24, 2.45) is 0 Å². The molecule has 0 atom stereocenters. The van der Waals surface area contributed by atoms with E-state index in [4.69, 9.17) is 12.2 Å². The van der Waals surface area contributed by atoms with Crippen molar-refractivity contribution in [3.63, 3.8) is 0 Å². The lowest BCUT2D eigenvalue weighted by Crippen LogP contribution is -2.34. The fourth-order valence-corrected chi connectivity index (χ4v) is 3.18. The summed E-state index contributed by atoms with van der Waals surface area (Å²) >= 11 is 5.22. The summed E-state index contributed by atoms with van der Waals surface area (Å²) in [7, 11) is 0. The maximum Gasteiger partial charge on any atom is 0.270 e. The summed E-state index contributed by atoms with van der Waals surface area (Å²) in [6, 6.07) is 14.7. The molecule has 160 valence electrons. The number of carbonyl (C=O) groups is 1. The van der Waals surface area contributed by atoms with Crippen molar-refractivity contribution in [3.05, 3.63) is 87.7 Å². The van der Waals surface area contributed by atoms with Crippen molar-refractivity contribution < 1.29 is 14.1 Å². The molecule has 1 heterocycles. The molecule has 0 saturated heterocycles. The SMILES string of the molecule is Cc1cc2nn(-c3ccc(F)cc3)nc2cc1NC(=S)NC(=O)c1cccc([N+](=O)[O-])c1.